The van der Waals surface area contributed by atoms with Crippen molar-refractivity contribution in [3.05, 3.63) is 76.7 Å². The zero-order chi connectivity index (χ0) is 19.7. The molecule has 0 bridgehead atoms. The van der Waals surface area contributed by atoms with E-state index in [0.717, 1.165) is 28.6 Å². The van der Waals surface area contributed by atoms with Crippen LogP contribution in [-0.4, -0.2) is 20.9 Å². The zero-order valence-electron chi connectivity index (χ0n) is 14.8. The Hall–Kier alpha value is -2.58. The van der Waals surface area contributed by atoms with Gasteiger partial charge < -0.3 is 9.32 Å². The summed E-state index contributed by atoms with van der Waals surface area (Å²) < 4.78 is 33.9. The number of nitrogens with one attached hydrogen (secondary N) is 1. The van der Waals surface area contributed by atoms with Gasteiger partial charge in [-0.25, -0.2) is 8.42 Å². The molecule has 144 valence electrons. The highest BCUT2D eigenvalue weighted by Gasteiger charge is 2.26. The lowest BCUT2D eigenvalue weighted by Gasteiger charge is -2.29. The van der Waals surface area contributed by atoms with E-state index in [9.17, 15) is 13.2 Å². The van der Waals surface area contributed by atoms with E-state index in [2.05, 4.69) is 20.7 Å². The van der Waals surface area contributed by atoms with Crippen molar-refractivity contribution in [3.63, 3.8) is 0 Å². The Morgan fingerprint density at radius 2 is 1.89 bits per heavy atom. The smallest absolute Gasteiger partial charge is 0.293 e. The van der Waals surface area contributed by atoms with Gasteiger partial charge in [-0.15, -0.1) is 0 Å². The van der Waals surface area contributed by atoms with Crippen molar-refractivity contribution in [1.82, 2.24) is 0 Å². The van der Waals surface area contributed by atoms with Crippen LogP contribution in [0.15, 0.2) is 74.6 Å². The topological polar surface area (TPSA) is 79.6 Å². The van der Waals surface area contributed by atoms with E-state index in [1.165, 1.54) is 18.4 Å². The first kappa shape index (κ1) is 18.8. The predicted molar refractivity (Wildman–Crippen MR) is 110 cm³/mol. The van der Waals surface area contributed by atoms with Crippen molar-refractivity contribution in [2.45, 2.75) is 17.7 Å². The molecule has 1 aromatic heterocycles. The van der Waals surface area contributed by atoms with E-state index in [-0.39, 0.29) is 16.6 Å². The van der Waals surface area contributed by atoms with E-state index in [1.807, 2.05) is 0 Å². The highest BCUT2D eigenvalue weighted by molar-refractivity contribution is 9.10. The summed E-state index contributed by atoms with van der Waals surface area (Å²) in [5.74, 6) is 0.0852. The minimum absolute atomic E-state index is 0.183. The molecule has 0 saturated carbocycles. The summed E-state index contributed by atoms with van der Waals surface area (Å²) >= 11 is 3.30. The molecule has 1 aliphatic heterocycles. The van der Waals surface area contributed by atoms with E-state index >= 15 is 0 Å². The number of aryl methyl sites for hydroxylation is 1. The summed E-state index contributed by atoms with van der Waals surface area (Å²) in [5.41, 5.74) is 2.16. The molecule has 3 aromatic rings. The third-order valence-electron chi connectivity index (χ3n) is 4.55. The van der Waals surface area contributed by atoms with Gasteiger partial charge in [0.15, 0.2) is 5.76 Å². The number of nitrogens with zero attached hydrogens (tertiary/aromatic N) is 1. The quantitative estimate of drug-likeness (QED) is 0.623. The highest BCUT2D eigenvalue weighted by Crippen LogP contribution is 2.31. The van der Waals surface area contributed by atoms with Crippen molar-refractivity contribution in [2.75, 3.05) is 16.2 Å². The molecule has 0 unspecified atom stereocenters. The summed E-state index contributed by atoms with van der Waals surface area (Å²) in [6.45, 7) is 0.594. The molecular formula is C20H17BrN2O4S. The van der Waals surface area contributed by atoms with Crippen LogP contribution in [0.4, 0.5) is 11.4 Å². The number of hydrogen-bond donors (Lipinski definition) is 1. The Morgan fingerprint density at radius 3 is 2.61 bits per heavy atom. The number of rotatable bonds is 4. The number of hydrogen-bond acceptors (Lipinski definition) is 4. The number of sulfonamides is 1. The lowest BCUT2D eigenvalue weighted by molar-refractivity contribution is 0.0958. The minimum Gasteiger partial charge on any atom is -0.459 e. The molecule has 1 N–H and O–H groups in total. The minimum atomic E-state index is -3.69. The number of halogens is 1. The predicted octanol–water partition coefficient (Wildman–Crippen LogP) is 4.44. The van der Waals surface area contributed by atoms with E-state index in [4.69, 9.17) is 4.42 Å². The van der Waals surface area contributed by atoms with Gasteiger partial charge in [0.2, 0.25) is 0 Å². The highest BCUT2D eigenvalue weighted by atomic mass is 79.9. The first-order chi connectivity index (χ1) is 13.4. The van der Waals surface area contributed by atoms with E-state index in [1.54, 1.807) is 47.4 Å². The monoisotopic (exact) mass is 460 g/mol. The maximum atomic E-state index is 12.7. The van der Waals surface area contributed by atoms with Gasteiger partial charge in [-0.2, -0.15) is 0 Å². The molecule has 0 aliphatic carbocycles. The van der Waals surface area contributed by atoms with Gasteiger partial charge in [-0.1, -0.05) is 15.9 Å². The first-order valence-corrected chi connectivity index (χ1v) is 11.0. The Bertz CT molecular complexity index is 1110. The lowest BCUT2D eigenvalue weighted by atomic mass is 10.0. The van der Waals surface area contributed by atoms with Crippen molar-refractivity contribution < 1.29 is 17.6 Å². The van der Waals surface area contributed by atoms with Crippen molar-refractivity contribution in [3.8, 4) is 0 Å². The number of anilines is 2. The Kier molecular flexibility index (Phi) is 4.99. The number of amides is 1. The summed E-state index contributed by atoms with van der Waals surface area (Å²) in [5, 5.41) is 0. The van der Waals surface area contributed by atoms with E-state index in [0.29, 0.717) is 12.2 Å². The number of carbonyl (C=O) groups excluding carboxylic acids is 1. The van der Waals surface area contributed by atoms with Crippen LogP contribution in [0.2, 0.25) is 0 Å². The van der Waals surface area contributed by atoms with Crippen LogP contribution in [0.3, 0.4) is 0 Å². The number of fused-ring (bicyclic) bond motifs is 1. The second-order valence-electron chi connectivity index (χ2n) is 6.44. The SMILES string of the molecule is O=C(c1ccco1)N1CCCc2cc(NS(=O)(=O)c3ccc(Br)cc3)ccc21. The summed E-state index contributed by atoms with van der Waals surface area (Å²) in [7, 11) is -3.69. The fourth-order valence-corrected chi connectivity index (χ4v) is 4.55. The Morgan fingerprint density at radius 1 is 1.11 bits per heavy atom. The fourth-order valence-electron chi connectivity index (χ4n) is 3.23. The average molecular weight is 461 g/mol. The third kappa shape index (κ3) is 3.70. The molecule has 8 heteroatoms. The number of furan rings is 1. The normalized spacial score (nSPS) is 13.8. The lowest BCUT2D eigenvalue weighted by Crippen LogP contribution is -2.35. The second kappa shape index (κ2) is 7.44. The van der Waals surface area contributed by atoms with Gasteiger partial charge in [0.05, 0.1) is 11.2 Å². The number of carbonyl (C=O) groups is 1. The van der Waals surface area contributed by atoms with Gasteiger partial charge in [-0.05, 0) is 73.0 Å². The van der Waals surface area contributed by atoms with Crippen LogP contribution >= 0.6 is 15.9 Å². The summed E-state index contributed by atoms with van der Waals surface area (Å²) in [4.78, 5) is 14.5. The van der Waals surface area contributed by atoms with Crippen molar-refractivity contribution >= 4 is 43.2 Å². The number of benzene rings is 2. The first-order valence-electron chi connectivity index (χ1n) is 8.71. The maximum absolute atomic E-state index is 12.7. The van der Waals surface area contributed by atoms with Gasteiger partial charge >= 0.3 is 0 Å². The van der Waals surface area contributed by atoms with Gasteiger partial charge in [0, 0.05) is 22.4 Å². The zero-order valence-corrected chi connectivity index (χ0v) is 17.2. The summed E-state index contributed by atoms with van der Waals surface area (Å²) in [6, 6.07) is 15.0. The molecule has 2 heterocycles. The average Bonchev–Trinajstić information content (AvgIpc) is 3.21. The molecule has 0 spiro atoms. The Labute approximate surface area is 171 Å². The summed E-state index contributed by atoms with van der Waals surface area (Å²) in [6.07, 6.45) is 3.03. The molecule has 0 saturated heterocycles. The Balaban J connectivity index is 1.60. The molecule has 1 aliphatic rings. The van der Waals surface area contributed by atoms with Crippen molar-refractivity contribution in [2.24, 2.45) is 0 Å². The molecule has 2 aromatic carbocycles. The molecule has 0 atom stereocenters. The second-order valence-corrected chi connectivity index (χ2v) is 9.04. The van der Waals surface area contributed by atoms with Gasteiger partial charge in [0.25, 0.3) is 15.9 Å². The van der Waals surface area contributed by atoms with Crippen LogP contribution in [0.25, 0.3) is 0 Å². The largest absolute Gasteiger partial charge is 0.459 e. The van der Waals surface area contributed by atoms with Crippen LogP contribution in [0.5, 0.6) is 0 Å². The molecule has 4 rings (SSSR count). The molecule has 28 heavy (non-hydrogen) atoms. The van der Waals surface area contributed by atoms with E-state index < -0.39 is 10.0 Å². The van der Waals surface area contributed by atoms with Gasteiger partial charge in [0.1, 0.15) is 0 Å². The fraction of sp³-hybridized carbons (Fsp3) is 0.150. The molecule has 6 nitrogen and oxygen atoms in total. The molecule has 0 radical (unpaired) electrons. The molecule has 1 amide bonds. The molecular weight excluding hydrogens is 444 g/mol. The van der Waals surface area contributed by atoms with Gasteiger partial charge in [-0.3, -0.25) is 9.52 Å². The third-order valence-corrected chi connectivity index (χ3v) is 6.48. The van der Waals surface area contributed by atoms with Crippen LogP contribution < -0.4 is 9.62 Å². The standard InChI is InChI=1S/C20H17BrN2O4S/c21-15-5-8-17(9-6-15)28(25,26)22-16-7-10-18-14(13-16)3-1-11-23(18)20(24)19-4-2-12-27-19/h2,4-10,12-13,22H,1,3,11H2. The maximum Gasteiger partial charge on any atom is 0.293 e. The van der Waals surface area contributed by atoms with Crippen LogP contribution in [0, 0.1) is 0 Å². The van der Waals surface area contributed by atoms with Crippen LogP contribution in [0.1, 0.15) is 22.5 Å². The van der Waals surface area contributed by atoms with Crippen molar-refractivity contribution in [1.29, 1.82) is 0 Å². The molecule has 0 fully saturated rings. The van der Waals surface area contributed by atoms with Crippen LogP contribution in [-0.2, 0) is 16.4 Å².